The number of nitrogens with zero attached hydrogens (tertiary/aromatic N) is 1. The van der Waals surface area contributed by atoms with Gasteiger partial charge in [0.15, 0.2) is 0 Å². The number of nitrogens with one attached hydrogen (secondary N) is 3. The van der Waals surface area contributed by atoms with Crippen molar-refractivity contribution in [1.82, 2.24) is 9.62 Å². The average molecular weight is 459 g/mol. The number of aryl methyl sites for hydroxylation is 1. The molecule has 3 rings (SSSR count). The van der Waals surface area contributed by atoms with E-state index in [0.717, 1.165) is 24.9 Å². The van der Waals surface area contributed by atoms with Crippen LogP contribution in [0.2, 0.25) is 0 Å². The fraction of sp³-hybridized carbons (Fsp3) is 0.391. The Labute approximate surface area is 189 Å². The molecule has 1 fully saturated rings. The van der Waals surface area contributed by atoms with Crippen LogP contribution in [0.3, 0.4) is 0 Å². The van der Waals surface area contributed by atoms with Crippen molar-refractivity contribution in [3.8, 4) is 0 Å². The van der Waals surface area contributed by atoms with Gasteiger partial charge in [0.05, 0.1) is 11.4 Å². The third-order valence-electron chi connectivity index (χ3n) is 5.35. The van der Waals surface area contributed by atoms with Gasteiger partial charge in [-0.15, -0.1) is 0 Å². The zero-order valence-corrected chi connectivity index (χ0v) is 19.2. The van der Waals surface area contributed by atoms with Crippen LogP contribution >= 0.6 is 0 Å². The molecule has 0 spiro atoms. The van der Waals surface area contributed by atoms with Gasteiger partial charge in [-0.3, -0.25) is 14.5 Å². The Bertz CT molecular complexity index is 1040. The summed E-state index contributed by atoms with van der Waals surface area (Å²) in [5, 5.41) is 5.54. The molecule has 0 saturated carbocycles. The lowest BCUT2D eigenvalue weighted by molar-refractivity contribution is -0.117. The first-order valence-electron chi connectivity index (χ1n) is 10.7. The van der Waals surface area contributed by atoms with E-state index in [-0.39, 0.29) is 29.2 Å². The van der Waals surface area contributed by atoms with Gasteiger partial charge in [-0.25, -0.2) is 13.1 Å². The quantitative estimate of drug-likeness (QED) is 0.564. The Morgan fingerprint density at radius 3 is 2.25 bits per heavy atom. The predicted octanol–water partition coefficient (Wildman–Crippen LogP) is 2.58. The van der Waals surface area contributed by atoms with E-state index in [2.05, 4.69) is 20.3 Å². The molecule has 32 heavy (non-hydrogen) atoms. The molecule has 0 aliphatic carbocycles. The van der Waals surface area contributed by atoms with Crippen LogP contribution < -0.4 is 15.4 Å². The van der Waals surface area contributed by atoms with Crippen LogP contribution in [0.25, 0.3) is 0 Å². The van der Waals surface area contributed by atoms with Crippen LogP contribution in [0.4, 0.5) is 11.4 Å². The number of benzene rings is 2. The maximum atomic E-state index is 12.5. The summed E-state index contributed by atoms with van der Waals surface area (Å²) in [5.74, 6) is -0.130. The van der Waals surface area contributed by atoms with E-state index in [1.165, 1.54) is 6.92 Å². The molecule has 0 bridgehead atoms. The van der Waals surface area contributed by atoms with Gasteiger partial charge in [0.1, 0.15) is 0 Å². The first-order chi connectivity index (χ1) is 15.2. The number of carbonyl (C=O) groups is 2. The molecule has 1 unspecified atom stereocenters. The third kappa shape index (κ3) is 7.15. The smallest absolute Gasteiger partial charge is 0.240 e. The van der Waals surface area contributed by atoms with Crippen LogP contribution in [0.15, 0.2) is 53.4 Å². The highest BCUT2D eigenvalue weighted by Crippen LogP contribution is 2.18. The van der Waals surface area contributed by atoms with Gasteiger partial charge >= 0.3 is 0 Å². The summed E-state index contributed by atoms with van der Waals surface area (Å²) >= 11 is 0. The maximum absolute atomic E-state index is 12.5. The van der Waals surface area contributed by atoms with Crippen molar-refractivity contribution < 1.29 is 18.0 Å². The van der Waals surface area contributed by atoms with E-state index in [1.807, 2.05) is 6.92 Å². The van der Waals surface area contributed by atoms with Gasteiger partial charge in [0.25, 0.3) is 0 Å². The minimum absolute atomic E-state index is 0.127. The molecule has 0 aromatic heterocycles. The van der Waals surface area contributed by atoms with Crippen LogP contribution in [0.1, 0.15) is 25.3 Å². The van der Waals surface area contributed by atoms with Crippen molar-refractivity contribution in [3.05, 3.63) is 54.1 Å². The molecule has 0 radical (unpaired) electrons. The lowest BCUT2D eigenvalue weighted by Gasteiger charge is -2.32. The van der Waals surface area contributed by atoms with E-state index in [4.69, 9.17) is 0 Å². The molecule has 1 heterocycles. The fourth-order valence-electron chi connectivity index (χ4n) is 3.73. The number of amides is 2. The summed E-state index contributed by atoms with van der Waals surface area (Å²) in [6.07, 6.45) is 1.83. The van der Waals surface area contributed by atoms with Crippen molar-refractivity contribution >= 4 is 33.2 Å². The molecule has 172 valence electrons. The summed E-state index contributed by atoms with van der Waals surface area (Å²) in [7, 11) is -3.54. The normalized spacial score (nSPS) is 17.0. The molecular weight excluding hydrogens is 428 g/mol. The Kier molecular flexibility index (Phi) is 8.00. The van der Waals surface area contributed by atoms with Crippen LogP contribution in [0.5, 0.6) is 0 Å². The topological polar surface area (TPSA) is 108 Å². The number of hydrogen-bond acceptors (Lipinski definition) is 5. The molecule has 1 atom stereocenters. The summed E-state index contributed by atoms with van der Waals surface area (Å²) in [6.45, 7) is 5.40. The van der Waals surface area contributed by atoms with Gasteiger partial charge in [0, 0.05) is 31.4 Å². The minimum Gasteiger partial charge on any atom is -0.326 e. The number of hydrogen-bond donors (Lipinski definition) is 3. The molecule has 2 aromatic carbocycles. The van der Waals surface area contributed by atoms with E-state index in [1.54, 1.807) is 48.5 Å². The minimum atomic E-state index is -3.54. The molecule has 1 aliphatic rings. The first kappa shape index (κ1) is 23.9. The first-order valence-corrected chi connectivity index (χ1v) is 12.2. The number of anilines is 2. The fourth-order valence-corrected chi connectivity index (χ4v) is 4.85. The highest BCUT2D eigenvalue weighted by Gasteiger charge is 2.23. The number of carbonyl (C=O) groups excluding carboxylic acids is 2. The van der Waals surface area contributed by atoms with Crippen molar-refractivity contribution in [2.24, 2.45) is 5.92 Å². The molecule has 3 N–H and O–H groups in total. The molecule has 9 heteroatoms. The monoisotopic (exact) mass is 458 g/mol. The summed E-state index contributed by atoms with van der Waals surface area (Å²) < 4.78 is 27.8. The van der Waals surface area contributed by atoms with E-state index in [0.29, 0.717) is 24.5 Å². The Hall–Kier alpha value is -2.75. The molecule has 1 aliphatic heterocycles. The van der Waals surface area contributed by atoms with Crippen LogP contribution in [-0.2, 0) is 19.6 Å². The summed E-state index contributed by atoms with van der Waals surface area (Å²) in [6, 6.07) is 13.7. The lowest BCUT2D eigenvalue weighted by Crippen LogP contribution is -2.43. The van der Waals surface area contributed by atoms with Gasteiger partial charge in [-0.05, 0) is 68.6 Å². The molecule has 2 aromatic rings. The molecule has 1 saturated heterocycles. The second-order valence-electron chi connectivity index (χ2n) is 8.22. The summed E-state index contributed by atoms with van der Waals surface area (Å²) in [4.78, 5) is 25.8. The van der Waals surface area contributed by atoms with Gasteiger partial charge in [0.2, 0.25) is 21.8 Å². The van der Waals surface area contributed by atoms with Crippen molar-refractivity contribution in [2.75, 3.05) is 36.8 Å². The zero-order valence-electron chi connectivity index (χ0n) is 18.4. The van der Waals surface area contributed by atoms with Crippen LogP contribution in [-0.4, -0.2) is 51.3 Å². The van der Waals surface area contributed by atoms with Gasteiger partial charge in [-0.1, -0.05) is 17.7 Å². The second-order valence-corrected chi connectivity index (χ2v) is 9.98. The number of rotatable bonds is 8. The lowest BCUT2D eigenvalue weighted by atomic mass is 9.98. The molecule has 8 nitrogen and oxygen atoms in total. The van der Waals surface area contributed by atoms with Gasteiger partial charge < -0.3 is 10.6 Å². The Morgan fingerprint density at radius 1 is 1.00 bits per heavy atom. The maximum Gasteiger partial charge on any atom is 0.240 e. The van der Waals surface area contributed by atoms with Crippen molar-refractivity contribution in [1.29, 1.82) is 0 Å². The zero-order chi connectivity index (χ0) is 23.1. The highest BCUT2D eigenvalue weighted by atomic mass is 32.2. The largest absolute Gasteiger partial charge is 0.326 e. The third-order valence-corrected chi connectivity index (χ3v) is 6.79. The number of piperidine rings is 1. The van der Waals surface area contributed by atoms with E-state index in [9.17, 15) is 18.0 Å². The average Bonchev–Trinajstić information content (AvgIpc) is 2.74. The van der Waals surface area contributed by atoms with Crippen LogP contribution in [0, 0.1) is 12.8 Å². The number of sulfonamides is 1. The molecular formula is C23H30N4O4S. The number of likely N-dealkylation sites (tertiary alicyclic amines) is 1. The highest BCUT2D eigenvalue weighted by molar-refractivity contribution is 7.89. The van der Waals surface area contributed by atoms with Crippen molar-refractivity contribution in [2.45, 2.75) is 31.6 Å². The Balaban J connectivity index is 1.47. The second kappa shape index (κ2) is 10.7. The predicted molar refractivity (Wildman–Crippen MR) is 125 cm³/mol. The van der Waals surface area contributed by atoms with E-state index < -0.39 is 10.0 Å². The summed E-state index contributed by atoms with van der Waals surface area (Å²) in [5.41, 5.74) is 2.33. The SMILES string of the molecule is CC(=O)Nc1ccc(NC(=O)CN2CCCC(CNS(=O)(=O)c3ccc(C)cc3)C2)cc1. The molecule has 2 amide bonds. The van der Waals surface area contributed by atoms with E-state index >= 15 is 0 Å². The Morgan fingerprint density at radius 2 is 1.62 bits per heavy atom. The van der Waals surface area contributed by atoms with Crippen molar-refractivity contribution in [3.63, 3.8) is 0 Å². The van der Waals surface area contributed by atoms with Gasteiger partial charge in [-0.2, -0.15) is 0 Å². The standard InChI is InChI=1S/C23H30N4O4S/c1-17-5-11-22(12-6-17)32(30,31)24-14-19-4-3-13-27(15-19)16-23(29)26-21-9-7-20(8-10-21)25-18(2)28/h5-12,19,24H,3-4,13-16H2,1-2H3,(H,25,28)(H,26,29).